The largest absolute Gasteiger partial charge is 0.481 e. The van der Waals surface area contributed by atoms with Gasteiger partial charge >= 0.3 is 5.97 Å². The van der Waals surface area contributed by atoms with Gasteiger partial charge in [-0.05, 0) is 61.9 Å². The molecule has 1 atom stereocenters. The minimum atomic E-state index is -1.11. The quantitative estimate of drug-likeness (QED) is 0.379. The standard InChI is InChI=1S/C21H22ClF2NO3S/c22-16-10-15(6-8-17(16)23)25-20(26)14-5-7-18(24)19(9-14)29-11-12-1-3-13(4-2-12)21(27)28/h5-10,12-13,20,25-26H,1-4,11H2,(H,27,28). The SMILES string of the molecule is O=C(O)C1CCC(CSc2cc(C(O)Nc3ccc(F)c(Cl)c3)ccc2F)CC1. The molecule has 3 N–H and O–H groups in total. The fourth-order valence-corrected chi connectivity index (χ4v) is 4.77. The average molecular weight is 442 g/mol. The zero-order valence-electron chi connectivity index (χ0n) is 15.6. The van der Waals surface area contributed by atoms with E-state index < -0.39 is 18.0 Å². The van der Waals surface area contributed by atoms with E-state index in [1.165, 1.54) is 42.1 Å². The van der Waals surface area contributed by atoms with Crippen molar-refractivity contribution in [2.75, 3.05) is 11.1 Å². The van der Waals surface area contributed by atoms with Crippen LogP contribution in [0.1, 0.15) is 37.5 Å². The van der Waals surface area contributed by atoms with E-state index in [1.54, 1.807) is 6.07 Å². The molecule has 2 aromatic rings. The van der Waals surface area contributed by atoms with Crippen LogP contribution in [0.3, 0.4) is 0 Å². The lowest BCUT2D eigenvalue weighted by Gasteiger charge is -2.25. The average Bonchev–Trinajstić information content (AvgIpc) is 2.70. The van der Waals surface area contributed by atoms with Crippen molar-refractivity contribution in [1.82, 2.24) is 0 Å². The number of carboxylic acid groups (broad SMARTS) is 1. The van der Waals surface area contributed by atoms with Gasteiger partial charge in [0.05, 0.1) is 10.9 Å². The summed E-state index contributed by atoms with van der Waals surface area (Å²) in [4.78, 5) is 11.5. The van der Waals surface area contributed by atoms with Gasteiger partial charge in [-0.15, -0.1) is 11.8 Å². The number of hydrogen-bond donors (Lipinski definition) is 3. The van der Waals surface area contributed by atoms with Gasteiger partial charge in [0.2, 0.25) is 0 Å². The molecule has 1 fully saturated rings. The number of hydrogen-bond acceptors (Lipinski definition) is 4. The summed E-state index contributed by atoms with van der Waals surface area (Å²) in [5, 5.41) is 22.2. The van der Waals surface area contributed by atoms with E-state index in [9.17, 15) is 18.7 Å². The molecule has 1 saturated carbocycles. The van der Waals surface area contributed by atoms with Crippen molar-refractivity contribution in [3.05, 3.63) is 58.6 Å². The molecule has 1 aliphatic carbocycles. The van der Waals surface area contributed by atoms with E-state index in [1.807, 2.05) is 0 Å². The van der Waals surface area contributed by atoms with E-state index >= 15 is 0 Å². The van der Waals surface area contributed by atoms with Gasteiger partial charge in [0.25, 0.3) is 0 Å². The minimum Gasteiger partial charge on any atom is -0.481 e. The van der Waals surface area contributed by atoms with Crippen LogP contribution in [-0.2, 0) is 4.79 Å². The van der Waals surface area contributed by atoms with Gasteiger partial charge in [-0.3, -0.25) is 4.79 Å². The maximum absolute atomic E-state index is 14.2. The smallest absolute Gasteiger partial charge is 0.306 e. The lowest BCUT2D eigenvalue weighted by atomic mass is 9.83. The Morgan fingerprint density at radius 3 is 2.48 bits per heavy atom. The second-order valence-electron chi connectivity index (χ2n) is 7.23. The van der Waals surface area contributed by atoms with Gasteiger partial charge in [0, 0.05) is 21.9 Å². The first-order valence-electron chi connectivity index (χ1n) is 9.38. The van der Waals surface area contributed by atoms with Crippen LogP contribution in [0.2, 0.25) is 5.02 Å². The Kier molecular flexibility index (Phi) is 7.38. The van der Waals surface area contributed by atoms with E-state index in [0.29, 0.717) is 40.7 Å². The lowest BCUT2D eigenvalue weighted by Crippen LogP contribution is -2.22. The molecule has 0 spiro atoms. The first-order chi connectivity index (χ1) is 13.8. The van der Waals surface area contributed by atoms with E-state index in [2.05, 4.69) is 5.32 Å². The fourth-order valence-electron chi connectivity index (χ4n) is 3.41. The highest BCUT2D eigenvalue weighted by Gasteiger charge is 2.26. The summed E-state index contributed by atoms with van der Waals surface area (Å²) < 4.78 is 27.5. The zero-order chi connectivity index (χ0) is 21.0. The van der Waals surface area contributed by atoms with Crippen LogP contribution < -0.4 is 5.32 Å². The zero-order valence-corrected chi connectivity index (χ0v) is 17.1. The van der Waals surface area contributed by atoms with Crippen LogP contribution in [-0.4, -0.2) is 21.9 Å². The van der Waals surface area contributed by atoms with E-state index in [4.69, 9.17) is 16.7 Å². The molecule has 29 heavy (non-hydrogen) atoms. The molecular weight excluding hydrogens is 420 g/mol. The summed E-state index contributed by atoms with van der Waals surface area (Å²) >= 11 is 7.12. The summed E-state index contributed by atoms with van der Waals surface area (Å²) in [5.41, 5.74) is 0.918. The number of aliphatic carboxylic acids is 1. The van der Waals surface area contributed by atoms with Gasteiger partial charge in [0.1, 0.15) is 11.6 Å². The molecule has 3 rings (SSSR count). The van der Waals surface area contributed by atoms with Crippen LogP contribution in [0.5, 0.6) is 0 Å². The summed E-state index contributed by atoms with van der Waals surface area (Å²) in [6.45, 7) is 0. The third-order valence-electron chi connectivity index (χ3n) is 5.16. The van der Waals surface area contributed by atoms with Crippen molar-refractivity contribution in [1.29, 1.82) is 0 Å². The van der Waals surface area contributed by atoms with E-state index in [-0.39, 0.29) is 16.8 Å². The Morgan fingerprint density at radius 2 is 1.83 bits per heavy atom. The molecule has 0 heterocycles. The topological polar surface area (TPSA) is 69.6 Å². The first-order valence-corrected chi connectivity index (χ1v) is 10.7. The summed E-state index contributed by atoms with van der Waals surface area (Å²) in [7, 11) is 0. The number of carbonyl (C=O) groups is 1. The number of halogens is 3. The highest BCUT2D eigenvalue weighted by atomic mass is 35.5. The number of nitrogens with one attached hydrogen (secondary N) is 1. The number of anilines is 1. The molecule has 4 nitrogen and oxygen atoms in total. The number of rotatable bonds is 7. The molecule has 0 aromatic heterocycles. The molecule has 1 aliphatic rings. The number of aliphatic hydroxyl groups is 1. The summed E-state index contributed by atoms with van der Waals surface area (Å²) in [6.07, 6.45) is 1.85. The van der Waals surface area contributed by atoms with Crippen molar-refractivity contribution < 1.29 is 23.8 Å². The molecule has 156 valence electrons. The molecule has 1 unspecified atom stereocenters. The molecule has 0 radical (unpaired) electrons. The Hall–Kier alpha value is -1.83. The lowest BCUT2D eigenvalue weighted by molar-refractivity contribution is -0.143. The van der Waals surface area contributed by atoms with Crippen molar-refractivity contribution in [3.63, 3.8) is 0 Å². The fraction of sp³-hybridized carbons (Fsp3) is 0.381. The molecule has 2 aromatic carbocycles. The highest BCUT2D eigenvalue weighted by Crippen LogP contribution is 2.34. The molecule has 0 amide bonds. The first kappa shape index (κ1) is 21.9. The van der Waals surface area contributed by atoms with E-state index in [0.717, 1.165) is 12.8 Å². The molecule has 8 heteroatoms. The number of aliphatic hydroxyl groups excluding tert-OH is 1. The van der Waals surface area contributed by atoms with Gasteiger partial charge in [-0.2, -0.15) is 0 Å². The van der Waals surface area contributed by atoms with Crippen LogP contribution in [0, 0.1) is 23.5 Å². The van der Waals surface area contributed by atoms with Crippen LogP contribution >= 0.6 is 23.4 Å². The number of thioether (sulfide) groups is 1. The second kappa shape index (κ2) is 9.78. The molecule has 0 saturated heterocycles. The Labute approximate surface area is 177 Å². The van der Waals surface area contributed by atoms with Gasteiger partial charge in [-0.1, -0.05) is 17.7 Å². The Bertz CT molecular complexity index is 875. The van der Waals surface area contributed by atoms with Crippen molar-refractivity contribution in [2.24, 2.45) is 11.8 Å². The minimum absolute atomic E-state index is 0.0600. The Balaban J connectivity index is 1.60. The summed E-state index contributed by atoms with van der Waals surface area (Å²) in [6, 6.07) is 8.40. The predicted molar refractivity (Wildman–Crippen MR) is 110 cm³/mol. The number of carboxylic acids is 1. The monoisotopic (exact) mass is 441 g/mol. The molecule has 0 bridgehead atoms. The van der Waals surface area contributed by atoms with Crippen molar-refractivity contribution >= 4 is 35.0 Å². The van der Waals surface area contributed by atoms with Crippen LogP contribution in [0.4, 0.5) is 14.5 Å². The van der Waals surface area contributed by atoms with Crippen LogP contribution in [0.25, 0.3) is 0 Å². The second-order valence-corrected chi connectivity index (χ2v) is 8.70. The van der Waals surface area contributed by atoms with Crippen molar-refractivity contribution in [3.8, 4) is 0 Å². The summed E-state index contributed by atoms with van der Waals surface area (Å²) in [5.74, 6) is -0.872. The maximum atomic E-state index is 14.2. The maximum Gasteiger partial charge on any atom is 0.306 e. The third kappa shape index (κ3) is 5.84. The van der Waals surface area contributed by atoms with Crippen molar-refractivity contribution in [2.45, 2.75) is 36.8 Å². The van der Waals surface area contributed by atoms with Gasteiger partial charge in [-0.25, -0.2) is 8.78 Å². The number of benzene rings is 2. The molecule has 0 aliphatic heterocycles. The normalized spacial score (nSPS) is 20.3. The highest BCUT2D eigenvalue weighted by molar-refractivity contribution is 7.99. The Morgan fingerprint density at radius 1 is 1.14 bits per heavy atom. The predicted octanol–water partition coefficient (Wildman–Crippen LogP) is 5.70. The molecular formula is C21H22ClF2NO3S. The third-order valence-corrected chi connectivity index (χ3v) is 6.72. The van der Waals surface area contributed by atoms with Crippen LogP contribution in [0.15, 0.2) is 41.3 Å². The van der Waals surface area contributed by atoms with Gasteiger partial charge in [0.15, 0.2) is 6.23 Å². The van der Waals surface area contributed by atoms with Gasteiger partial charge < -0.3 is 15.5 Å².